The lowest BCUT2D eigenvalue weighted by atomic mass is 10.0. The van der Waals surface area contributed by atoms with E-state index in [2.05, 4.69) is 38.0 Å². The highest BCUT2D eigenvalue weighted by Crippen LogP contribution is 2.15. The molecule has 1 heterocycles. The number of likely N-dealkylation sites (N-methyl/N-ethyl adjacent to an activating group) is 1. The average molecular weight is 258 g/mol. The van der Waals surface area contributed by atoms with Gasteiger partial charge in [0.1, 0.15) is 0 Å². The van der Waals surface area contributed by atoms with Crippen molar-refractivity contribution in [3.05, 3.63) is 0 Å². The van der Waals surface area contributed by atoms with Crippen molar-refractivity contribution in [3.63, 3.8) is 0 Å². The van der Waals surface area contributed by atoms with Crippen molar-refractivity contribution in [1.29, 1.82) is 0 Å². The molecule has 0 aromatic heterocycles. The van der Waals surface area contributed by atoms with Gasteiger partial charge in [0.05, 0.1) is 6.61 Å². The Morgan fingerprint density at radius 2 is 1.94 bits per heavy atom. The fourth-order valence-corrected chi connectivity index (χ4v) is 2.33. The van der Waals surface area contributed by atoms with Crippen molar-refractivity contribution in [2.24, 2.45) is 0 Å². The van der Waals surface area contributed by atoms with E-state index in [9.17, 15) is 0 Å². The largest absolute Gasteiger partial charge is 0.383 e. The maximum Gasteiger partial charge on any atom is 0.0630 e. The van der Waals surface area contributed by atoms with Crippen LogP contribution in [0, 0.1) is 0 Å². The molecule has 0 aromatic carbocycles. The molecule has 4 heteroatoms. The molecule has 108 valence electrons. The van der Waals surface area contributed by atoms with Gasteiger partial charge in [-0.15, -0.1) is 0 Å². The normalized spacial score (nSPS) is 20.3. The zero-order valence-electron chi connectivity index (χ0n) is 12.7. The lowest BCUT2D eigenvalue weighted by Gasteiger charge is -2.38. The highest BCUT2D eigenvalue weighted by atomic mass is 16.5. The number of hydrogen-bond donors (Lipinski definition) is 1. The topological polar surface area (TPSA) is 33.7 Å². The Balaban J connectivity index is 2.48. The zero-order chi connectivity index (χ0) is 13.6. The quantitative estimate of drug-likeness (QED) is 0.783. The number of methoxy groups -OCH3 is 1. The van der Waals surface area contributed by atoms with E-state index < -0.39 is 0 Å². The molecule has 1 saturated heterocycles. The first kappa shape index (κ1) is 15.9. The molecule has 4 nitrogen and oxygen atoms in total. The van der Waals surface area contributed by atoms with Crippen molar-refractivity contribution in [3.8, 4) is 0 Å². The summed E-state index contributed by atoms with van der Waals surface area (Å²) in [5.41, 5.74) is 0.155. The second-order valence-corrected chi connectivity index (χ2v) is 6.25. The van der Waals surface area contributed by atoms with Gasteiger partial charge in [0.15, 0.2) is 0 Å². The third-order valence-corrected chi connectivity index (χ3v) is 3.57. The molecule has 0 radical (unpaired) electrons. The van der Waals surface area contributed by atoms with Gasteiger partial charge >= 0.3 is 0 Å². The third-order valence-electron chi connectivity index (χ3n) is 3.57. The Hall–Kier alpha value is -0.160. The molecule has 1 unspecified atom stereocenters. The summed E-state index contributed by atoms with van der Waals surface area (Å²) in [6.07, 6.45) is 2.26. The van der Waals surface area contributed by atoms with Crippen molar-refractivity contribution in [2.75, 3.05) is 40.5 Å². The molecular weight excluding hydrogens is 228 g/mol. The van der Waals surface area contributed by atoms with Crippen LogP contribution in [0.4, 0.5) is 0 Å². The summed E-state index contributed by atoms with van der Waals surface area (Å²) in [7, 11) is 3.99. The Bertz CT molecular complexity index is 222. The predicted molar refractivity (Wildman–Crippen MR) is 75.0 cm³/mol. The second kappa shape index (κ2) is 7.43. The minimum atomic E-state index is 0.155. The van der Waals surface area contributed by atoms with E-state index in [-0.39, 0.29) is 5.54 Å². The molecule has 1 fully saturated rings. The molecule has 18 heavy (non-hydrogen) atoms. The van der Waals surface area contributed by atoms with Gasteiger partial charge in [-0.25, -0.2) is 0 Å². The Kier molecular flexibility index (Phi) is 6.57. The molecule has 0 spiro atoms. The molecule has 1 N–H and O–H groups in total. The summed E-state index contributed by atoms with van der Waals surface area (Å²) in [6.45, 7) is 10.1. The van der Waals surface area contributed by atoms with Crippen LogP contribution in [0.3, 0.4) is 0 Å². The minimum Gasteiger partial charge on any atom is -0.383 e. The van der Waals surface area contributed by atoms with Crippen molar-refractivity contribution >= 4 is 0 Å². The maximum absolute atomic E-state index is 5.43. The first-order valence-corrected chi connectivity index (χ1v) is 6.97. The SMILES string of the molecule is COCC(CNC(C)(C)C)N(C)C1CCOCC1. The smallest absolute Gasteiger partial charge is 0.0630 e. The second-order valence-electron chi connectivity index (χ2n) is 6.25. The first-order chi connectivity index (χ1) is 8.44. The van der Waals surface area contributed by atoms with Gasteiger partial charge < -0.3 is 14.8 Å². The van der Waals surface area contributed by atoms with E-state index in [4.69, 9.17) is 9.47 Å². The van der Waals surface area contributed by atoms with E-state index in [1.807, 2.05) is 0 Å². The van der Waals surface area contributed by atoms with Crippen LogP contribution in [0.1, 0.15) is 33.6 Å². The lowest BCUT2D eigenvalue weighted by Crippen LogP contribution is -2.52. The highest BCUT2D eigenvalue weighted by Gasteiger charge is 2.25. The molecule has 1 aliphatic heterocycles. The monoisotopic (exact) mass is 258 g/mol. The standard InChI is InChI=1S/C14H30N2O2/c1-14(2,3)15-10-13(11-17-5)16(4)12-6-8-18-9-7-12/h12-13,15H,6-11H2,1-5H3. The van der Waals surface area contributed by atoms with Crippen LogP contribution in [-0.2, 0) is 9.47 Å². The molecule has 1 aliphatic rings. The summed E-state index contributed by atoms with van der Waals surface area (Å²) in [6, 6.07) is 1.05. The van der Waals surface area contributed by atoms with Gasteiger partial charge in [0, 0.05) is 44.5 Å². The van der Waals surface area contributed by atoms with Crippen LogP contribution in [0.25, 0.3) is 0 Å². The number of ether oxygens (including phenoxy) is 2. The Morgan fingerprint density at radius 3 is 2.44 bits per heavy atom. The number of hydrogen-bond acceptors (Lipinski definition) is 4. The van der Waals surface area contributed by atoms with Crippen LogP contribution >= 0.6 is 0 Å². The molecule has 0 bridgehead atoms. The van der Waals surface area contributed by atoms with Gasteiger partial charge in [-0.3, -0.25) is 4.90 Å². The molecule has 1 atom stereocenters. The fourth-order valence-electron chi connectivity index (χ4n) is 2.33. The molecule has 0 aromatic rings. The predicted octanol–water partition coefficient (Wildman–Crippen LogP) is 1.50. The van der Waals surface area contributed by atoms with Gasteiger partial charge in [-0.1, -0.05) is 0 Å². The summed E-state index contributed by atoms with van der Waals surface area (Å²) in [5.74, 6) is 0. The number of nitrogens with one attached hydrogen (secondary N) is 1. The van der Waals surface area contributed by atoms with Gasteiger partial charge in [0.2, 0.25) is 0 Å². The van der Waals surface area contributed by atoms with Crippen LogP contribution in [0.5, 0.6) is 0 Å². The molecule has 0 saturated carbocycles. The molecule has 0 amide bonds. The van der Waals surface area contributed by atoms with Crippen molar-refractivity contribution < 1.29 is 9.47 Å². The zero-order valence-corrected chi connectivity index (χ0v) is 12.7. The van der Waals surface area contributed by atoms with E-state index >= 15 is 0 Å². The van der Waals surface area contributed by atoms with E-state index in [0.717, 1.165) is 39.2 Å². The number of nitrogens with zero attached hydrogens (tertiary/aromatic N) is 1. The summed E-state index contributed by atoms with van der Waals surface area (Å²) >= 11 is 0. The van der Waals surface area contributed by atoms with E-state index in [1.54, 1.807) is 7.11 Å². The van der Waals surface area contributed by atoms with Gasteiger partial charge in [-0.2, -0.15) is 0 Å². The van der Waals surface area contributed by atoms with Crippen LogP contribution in [0.15, 0.2) is 0 Å². The van der Waals surface area contributed by atoms with Gasteiger partial charge in [0.25, 0.3) is 0 Å². The van der Waals surface area contributed by atoms with E-state index in [0.29, 0.717) is 12.1 Å². The van der Waals surface area contributed by atoms with Crippen LogP contribution in [0.2, 0.25) is 0 Å². The fraction of sp³-hybridized carbons (Fsp3) is 1.00. The maximum atomic E-state index is 5.43. The van der Waals surface area contributed by atoms with Crippen molar-refractivity contribution in [2.45, 2.75) is 51.2 Å². The Morgan fingerprint density at radius 1 is 1.33 bits per heavy atom. The Labute approximate surface area is 112 Å². The molecule has 1 rings (SSSR count). The van der Waals surface area contributed by atoms with Crippen molar-refractivity contribution in [1.82, 2.24) is 10.2 Å². The number of rotatable bonds is 6. The van der Waals surface area contributed by atoms with Crippen LogP contribution < -0.4 is 5.32 Å². The average Bonchev–Trinajstić information content (AvgIpc) is 2.33. The summed E-state index contributed by atoms with van der Waals surface area (Å²) < 4.78 is 10.8. The first-order valence-electron chi connectivity index (χ1n) is 6.97. The van der Waals surface area contributed by atoms with E-state index in [1.165, 1.54) is 0 Å². The van der Waals surface area contributed by atoms with Gasteiger partial charge in [-0.05, 0) is 40.7 Å². The lowest BCUT2D eigenvalue weighted by molar-refractivity contribution is 0.0101. The third kappa shape index (κ3) is 5.65. The minimum absolute atomic E-state index is 0.155. The highest BCUT2D eigenvalue weighted by molar-refractivity contribution is 4.82. The molecular formula is C14H30N2O2. The summed E-state index contributed by atoms with van der Waals surface area (Å²) in [5, 5.41) is 3.57. The summed E-state index contributed by atoms with van der Waals surface area (Å²) in [4.78, 5) is 2.46. The van der Waals surface area contributed by atoms with Crippen LogP contribution in [-0.4, -0.2) is 63.0 Å². The molecule has 0 aliphatic carbocycles.